The Bertz CT molecular complexity index is 632. The Labute approximate surface area is 139 Å². The highest BCUT2D eigenvalue weighted by Crippen LogP contribution is 2.08. The van der Waals surface area contributed by atoms with Crippen LogP contribution in [-0.4, -0.2) is 60.1 Å². The summed E-state index contributed by atoms with van der Waals surface area (Å²) in [5.41, 5.74) is 6.00. The van der Waals surface area contributed by atoms with E-state index in [-0.39, 0.29) is 11.6 Å². The van der Waals surface area contributed by atoms with Crippen LogP contribution in [0, 0.1) is 10.1 Å². The molecule has 9 nitrogen and oxygen atoms in total. The maximum absolute atomic E-state index is 12.1. The van der Waals surface area contributed by atoms with Crippen molar-refractivity contribution < 1.29 is 14.5 Å². The van der Waals surface area contributed by atoms with Gasteiger partial charge in [-0.2, -0.15) is 0 Å². The summed E-state index contributed by atoms with van der Waals surface area (Å²) in [6.07, 6.45) is 5.32. The molecule has 0 aliphatic carbocycles. The van der Waals surface area contributed by atoms with Crippen molar-refractivity contribution in [3.8, 4) is 0 Å². The van der Waals surface area contributed by atoms with Gasteiger partial charge in [-0.1, -0.05) is 0 Å². The number of nitrogens with two attached hydrogens (primary N) is 1. The van der Waals surface area contributed by atoms with Crippen LogP contribution < -0.4 is 11.1 Å². The van der Waals surface area contributed by atoms with Crippen molar-refractivity contribution in [2.24, 2.45) is 5.73 Å². The first-order chi connectivity index (χ1) is 11.6. The van der Waals surface area contributed by atoms with Gasteiger partial charge in [-0.25, -0.2) is 0 Å². The zero-order valence-electron chi connectivity index (χ0n) is 13.2. The number of H-pyrrole nitrogens is 1. The van der Waals surface area contributed by atoms with Crippen molar-refractivity contribution in [1.82, 2.24) is 15.2 Å². The molecule has 9 heteroatoms. The number of hydrogen-bond donors (Lipinski definition) is 3. The van der Waals surface area contributed by atoms with E-state index in [1.807, 2.05) is 0 Å². The quantitative estimate of drug-likeness (QED) is 0.370. The van der Waals surface area contributed by atoms with Gasteiger partial charge in [0.15, 0.2) is 0 Å². The van der Waals surface area contributed by atoms with Crippen LogP contribution in [0.1, 0.15) is 16.1 Å². The van der Waals surface area contributed by atoms with Crippen molar-refractivity contribution in [2.75, 3.05) is 39.4 Å². The normalized spacial score (nSPS) is 16.4. The molecule has 0 bridgehead atoms. The summed E-state index contributed by atoms with van der Waals surface area (Å²) in [7, 11) is 0. The molecule has 1 amide bonds. The van der Waals surface area contributed by atoms with E-state index in [1.165, 1.54) is 12.2 Å². The number of nitro groups is 1. The lowest BCUT2D eigenvalue weighted by Crippen LogP contribution is -2.41. The molecular weight excluding hydrogens is 314 g/mol. The number of morpholine rings is 1. The average molecular weight is 335 g/mol. The van der Waals surface area contributed by atoms with Crippen molar-refractivity contribution in [3.05, 3.63) is 51.6 Å². The van der Waals surface area contributed by atoms with Gasteiger partial charge in [-0.3, -0.25) is 19.8 Å². The molecule has 1 aliphatic heterocycles. The van der Waals surface area contributed by atoms with E-state index >= 15 is 0 Å². The van der Waals surface area contributed by atoms with Crippen molar-refractivity contribution in [3.63, 3.8) is 0 Å². The largest absolute Gasteiger partial charge is 0.399 e. The molecule has 2 rings (SSSR count). The molecule has 1 aliphatic rings. The molecule has 1 fully saturated rings. The van der Waals surface area contributed by atoms with Gasteiger partial charge in [0.1, 0.15) is 5.69 Å². The summed E-state index contributed by atoms with van der Waals surface area (Å²) in [6, 6.07) is 1.62. The van der Waals surface area contributed by atoms with Crippen molar-refractivity contribution >= 4 is 12.0 Å². The van der Waals surface area contributed by atoms with Crippen LogP contribution in [0.5, 0.6) is 0 Å². The molecule has 1 saturated heterocycles. The second-order valence-electron chi connectivity index (χ2n) is 5.24. The predicted molar refractivity (Wildman–Crippen MR) is 88.7 cm³/mol. The van der Waals surface area contributed by atoms with Crippen LogP contribution in [0.3, 0.4) is 0 Å². The first-order valence-corrected chi connectivity index (χ1v) is 7.61. The highest BCUT2D eigenvalue weighted by atomic mass is 16.6. The Morgan fingerprint density at radius 1 is 1.50 bits per heavy atom. The molecule has 24 heavy (non-hydrogen) atoms. The Hall–Kier alpha value is -2.65. The zero-order valence-corrected chi connectivity index (χ0v) is 13.2. The summed E-state index contributed by atoms with van der Waals surface area (Å²) in [5, 5.41) is 13.5. The van der Waals surface area contributed by atoms with Crippen LogP contribution in [0.2, 0.25) is 0 Å². The molecule has 0 radical (unpaired) electrons. The van der Waals surface area contributed by atoms with Crippen LogP contribution in [0.25, 0.3) is 6.08 Å². The molecular formula is C15H21N5O4. The number of rotatable bonds is 7. The minimum absolute atomic E-state index is 0.215. The lowest BCUT2D eigenvalue weighted by molar-refractivity contribution is -0.419. The molecule has 0 saturated carbocycles. The van der Waals surface area contributed by atoms with Gasteiger partial charge in [0.2, 0.25) is 0 Å². The van der Waals surface area contributed by atoms with Crippen LogP contribution in [0.4, 0.5) is 0 Å². The molecule has 0 atom stereocenters. The third kappa shape index (κ3) is 5.21. The van der Waals surface area contributed by atoms with Gasteiger partial charge in [0, 0.05) is 38.5 Å². The van der Waals surface area contributed by atoms with Gasteiger partial charge < -0.3 is 20.8 Å². The Morgan fingerprint density at radius 3 is 2.92 bits per heavy atom. The fourth-order valence-corrected chi connectivity index (χ4v) is 2.24. The van der Waals surface area contributed by atoms with E-state index in [0.717, 1.165) is 39.0 Å². The molecule has 4 N–H and O–H groups in total. The number of amides is 1. The lowest BCUT2D eigenvalue weighted by atomic mass is 10.2. The molecule has 0 aromatic carbocycles. The van der Waals surface area contributed by atoms with Gasteiger partial charge in [0.05, 0.1) is 24.3 Å². The SMILES string of the molecule is N/C=C(\C=C\c1c[nH]c(C(=O)NCCN2CCOCC2)c1)[N+](=O)[O-]. The summed E-state index contributed by atoms with van der Waals surface area (Å²) in [5.74, 6) is -0.216. The lowest BCUT2D eigenvalue weighted by Gasteiger charge is -2.26. The van der Waals surface area contributed by atoms with Crippen molar-refractivity contribution in [1.29, 1.82) is 0 Å². The van der Waals surface area contributed by atoms with Crippen LogP contribution >= 0.6 is 0 Å². The maximum Gasteiger partial charge on any atom is 0.284 e. The Morgan fingerprint density at radius 2 is 2.25 bits per heavy atom. The monoisotopic (exact) mass is 335 g/mol. The second kappa shape index (κ2) is 8.85. The van der Waals surface area contributed by atoms with Gasteiger partial charge in [-0.05, 0) is 17.7 Å². The zero-order chi connectivity index (χ0) is 17.4. The number of ether oxygens (including phenoxy) is 1. The van der Waals surface area contributed by atoms with Gasteiger partial charge >= 0.3 is 0 Å². The Kier molecular flexibility index (Phi) is 6.52. The fraction of sp³-hybridized carbons (Fsp3) is 0.400. The summed E-state index contributed by atoms with van der Waals surface area (Å²) in [4.78, 5) is 27.2. The molecule has 2 heterocycles. The van der Waals surface area contributed by atoms with E-state index in [1.54, 1.807) is 12.3 Å². The van der Waals surface area contributed by atoms with Crippen LogP contribution in [-0.2, 0) is 4.74 Å². The summed E-state index contributed by atoms with van der Waals surface area (Å²) >= 11 is 0. The van der Waals surface area contributed by atoms with E-state index in [4.69, 9.17) is 10.5 Å². The number of carbonyl (C=O) groups is 1. The van der Waals surface area contributed by atoms with Crippen molar-refractivity contribution in [2.45, 2.75) is 0 Å². The summed E-state index contributed by atoms with van der Waals surface area (Å²) < 4.78 is 5.27. The first-order valence-electron chi connectivity index (χ1n) is 7.61. The van der Waals surface area contributed by atoms with E-state index in [2.05, 4.69) is 15.2 Å². The minimum atomic E-state index is -0.581. The highest BCUT2D eigenvalue weighted by Gasteiger charge is 2.12. The third-order valence-electron chi connectivity index (χ3n) is 3.60. The summed E-state index contributed by atoms with van der Waals surface area (Å²) in [6.45, 7) is 4.52. The second-order valence-corrected chi connectivity index (χ2v) is 5.24. The standard InChI is InChI=1S/C15H21N5O4/c16-10-13(20(22)23)2-1-12-9-14(18-11-12)15(21)17-3-4-19-5-7-24-8-6-19/h1-2,9-11,18H,3-8,16H2,(H,17,21)/b2-1+,13-10+. The van der Waals surface area contributed by atoms with Gasteiger partial charge in [-0.15, -0.1) is 0 Å². The maximum atomic E-state index is 12.1. The topological polar surface area (TPSA) is 127 Å². The minimum Gasteiger partial charge on any atom is -0.399 e. The molecule has 0 unspecified atom stereocenters. The van der Waals surface area contributed by atoms with Gasteiger partial charge in [0.25, 0.3) is 11.6 Å². The smallest absolute Gasteiger partial charge is 0.284 e. The number of carbonyl (C=O) groups excluding carboxylic acids is 1. The predicted octanol–water partition coefficient (Wildman–Crippen LogP) is 0.167. The number of allylic oxidation sites excluding steroid dienone is 1. The third-order valence-corrected chi connectivity index (χ3v) is 3.60. The highest BCUT2D eigenvalue weighted by molar-refractivity contribution is 5.93. The number of nitrogens with zero attached hydrogens (tertiary/aromatic N) is 2. The first kappa shape index (κ1) is 17.7. The van der Waals surface area contributed by atoms with E-state index < -0.39 is 4.92 Å². The van der Waals surface area contributed by atoms with E-state index in [0.29, 0.717) is 17.8 Å². The molecule has 1 aromatic rings. The molecule has 0 spiro atoms. The van der Waals surface area contributed by atoms with Crippen LogP contribution in [0.15, 0.2) is 30.2 Å². The van der Waals surface area contributed by atoms with E-state index in [9.17, 15) is 14.9 Å². The Balaban J connectivity index is 1.82. The molecule has 1 aromatic heterocycles. The fourth-order valence-electron chi connectivity index (χ4n) is 2.24. The number of aromatic amines is 1. The number of hydrogen-bond acceptors (Lipinski definition) is 6. The number of aromatic nitrogens is 1. The molecule has 130 valence electrons. The average Bonchev–Trinajstić information content (AvgIpc) is 3.05. The number of nitrogens with one attached hydrogen (secondary N) is 2.